The van der Waals surface area contributed by atoms with Gasteiger partial charge in [-0.1, -0.05) is 39.0 Å². The van der Waals surface area contributed by atoms with Crippen LogP contribution in [0.2, 0.25) is 33.5 Å². The predicted octanol–water partition coefficient (Wildman–Crippen LogP) is 15.1. The average molecular weight is 1040 g/mol. The monoisotopic (exact) mass is 1040 g/mol. The first-order valence-electron chi connectivity index (χ1n) is 25.1. The van der Waals surface area contributed by atoms with Crippen LogP contribution in [0, 0.1) is 6.33 Å². The molecule has 0 bridgehead atoms. The van der Waals surface area contributed by atoms with Gasteiger partial charge in [0.25, 0.3) is 0 Å². The summed E-state index contributed by atoms with van der Waals surface area (Å²) in [6, 6.07) is 67.0. The third kappa shape index (κ3) is 7.25. The number of rotatable bonds is 5. The number of benzene rings is 8. The smallest absolute Gasteiger partial charge is 0.0149 e. The van der Waals surface area contributed by atoms with Crippen LogP contribution in [0.3, 0.4) is 0 Å². The molecule has 0 saturated heterocycles. The van der Waals surface area contributed by atoms with E-state index in [1.54, 1.807) is 8.79 Å². The Labute approximate surface area is 421 Å². The summed E-state index contributed by atoms with van der Waals surface area (Å²) in [5, 5.41) is 5.24. The summed E-state index contributed by atoms with van der Waals surface area (Å²) >= 11 is -4.24. The summed E-state index contributed by atoms with van der Waals surface area (Å²) in [6.45, 7) is 6.74. The van der Waals surface area contributed by atoms with Crippen molar-refractivity contribution in [3.8, 4) is 73.2 Å². The van der Waals surface area contributed by atoms with Gasteiger partial charge in [0.2, 0.25) is 0 Å². The summed E-state index contributed by atoms with van der Waals surface area (Å²) in [6.07, 6.45) is 5.90. The Morgan fingerprint density at radius 1 is 0.521 bits per heavy atom. The van der Waals surface area contributed by atoms with Crippen molar-refractivity contribution < 1.29 is 9.30 Å². The van der Waals surface area contributed by atoms with Gasteiger partial charge in [-0.15, -0.1) is 0 Å². The molecule has 0 atom stereocenters. The van der Waals surface area contributed by atoms with E-state index in [-0.39, 0.29) is 5.41 Å². The molecule has 0 spiro atoms. The molecule has 5 heterocycles. The van der Waals surface area contributed by atoms with Crippen LogP contribution in [-0.2, 0) is 5.41 Å². The first kappa shape index (κ1) is 44.0. The van der Waals surface area contributed by atoms with E-state index in [1.807, 2.05) is 12.3 Å². The molecule has 13 rings (SSSR count). The first-order valence-corrected chi connectivity index (χ1v) is 38.5. The topological polar surface area (TPSA) is 35.9 Å². The summed E-state index contributed by atoms with van der Waals surface area (Å²) in [7, 11) is 0. The summed E-state index contributed by atoms with van der Waals surface area (Å²) < 4.78 is 17.2. The normalized spacial score (nSPS) is 14.5. The second-order valence-electron chi connectivity index (χ2n) is 22.1. The van der Waals surface area contributed by atoms with Gasteiger partial charge in [-0.05, 0) is 47.4 Å². The van der Waals surface area contributed by atoms with Gasteiger partial charge >= 0.3 is 278 Å². The number of nitrogens with zero attached hydrogens (tertiary/aromatic N) is 4. The van der Waals surface area contributed by atoms with Gasteiger partial charge in [-0.3, -0.25) is 4.57 Å². The minimum Gasteiger partial charge on any atom is -0.0149 e. The number of hydrogen-bond acceptors (Lipinski definition) is 2. The van der Waals surface area contributed by atoms with Crippen molar-refractivity contribution in [2.24, 2.45) is 0 Å². The average Bonchev–Trinajstić information content (AvgIpc) is 3.94. The van der Waals surface area contributed by atoms with Crippen LogP contribution < -0.4 is 18.1 Å². The van der Waals surface area contributed by atoms with Crippen LogP contribution >= 0.6 is 0 Å². The van der Waals surface area contributed by atoms with Crippen LogP contribution in [0.15, 0.2) is 188 Å². The molecule has 2 aliphatic heterocycles. The van der Waals surface area contributed by atoms with Gasteiger partial charge in [0.05, 0.1) is 11.0 Å². The maximum absolute atomic E-state index is 6.86. The van der Waals surface area contributed by atoms with Crippen LogP contribution in [0.25, 0.3) is 94.5 Å². The molecule has 0 aliphatic carbocycles. The fraction of sp³-hybridized carbons (Fsp3) is 0.156. The zero-order valence-corrected chi connectivity index (χ0v) is 45.7. The first-order chi connectivity index (χ1) is 34.3. The van der Waals surface area contributed by atoms with E-state index in [0.717, 1.165) is 61.7 Å². The van der Waals surface area contributed by atoms with E-state index >= 15 is 0 Å². The van der Waals surface area contributed by atoms with Crippen molar-refractivity contribution in [1.29, 1.82) is 0 Å². The molecule has 5 nitrogen and oxygen atoms in total. The Hall–Kier alpha value is -6.93. The van der Waals surface area contributed by atoms with E-state index in [1.165, 1.54) is 60.4 Å². The molecule has 0 radical (unpaired) electrons. The molecule has 2 aliphatic rings. The van der Waals surface area contributed by atoms with Crippen molar-refractivity contribution in [3.63, 3.8) is 0 Å². The molecule has 7 heteroatoms. The standard InChI is InChI=1S/C64H56Ge2N4O/c1-64(2,3)44-32-35-67-62(38-44)70-58-24-13-12-22-52(58)54-30-28-47(40-61(54)70)71-46-17-14-16-45(39-46)68-41-69-60-37-43(42-27-31-56-57(36-42)66(6,7)34-33-65(56,4)5)26-29-53(60)50-20-10-8-18-48(50)49-19-9-11-21-51(49)55-23-15-25-59(68)63(55)69/h8-32,35-40H,33-34H2,1-7H3. The van der Waals surface area contributed by atoms with E-state index in [9.17, 15) is 0 Å². The number of aromatic nitrogens is 4. The fourth-order valence-corrected chi connectivity index (χ4v) is 42.0. The van der Waals surface area contributed by atoms with Crippen LogP contribution in [0.4, 0.5) is 0 Å². The third-order valence-corrected chi connectivity index (χ3v) is 33.1. The molecule has 0 N–H and O–H groups in total. The van der Waals surface area contributed by atoms with Crippen molar-refractivity contribution >= 4 is 68.2 Å². The van der Waals surface area contributed by atoms with Gasteiger partial charge in [0.1, 0.15) is 11.6 Å². The van der Waals surface area contributed by atoms with Crippen molar-refractivity contribution in [1.82, 2.24) is 14.1 Å². The quantitative estimate of drug-likeness (QED) is 0.0978. The molecule has 11 aromatic rings. The molecule has 0 amide bonds. The minimum atomic E-state index is -2.18. The molecule has 71 heavy (non-hydrogen) atoms. The molecule has 346 valence electrons. The van der Waals surface area contributed by atoms with Gasteiger partial charge in [0.15, 0.2) is 0 Å². The van der Waals surface area contributed by atoms with Gasteiger partial charge < -0.3 is 4.74 Å². The number of para-hydroxylation sites is 2. The van der Waals surface area contributed by atoms with E-state index in [0.29, 0.717) is 0 Å². The number of pyridine rings is 1. The van der Waals surface area contributed by atoms with E-state index in [2.05, 4.69) is 240 Å². The Morgan fingerprint density at radius 2 is 1.14 bits per heavy atom. The Balaban J connectivity index is 0.972. The van der Waals surface area contributed by atoms with E-state index in [4.69, 9.17) is 9.72 Å². The molecular weight excluding hydrogens is 986 g/mol. The third-order valence-electron chi connectivity index (χ3n) is 15.6. The number of ether oxygens (including phenoxy) is 1. The second kappa shape index (κ2) is 16.3. The Kier molecular flexibility index (Phi) is 10.1. The molecular formula is C64H56Ge2N4O. The summed E-state index contributed by atoms with van der Waals surface area (Å²) in [4.78, 5) is 4.92. The summed E-state index contributed by atoms with van der Waals surface area (Å²) in [5.41, 5.74) is 17.3. The Bertz CT molecular complexity index is 3980. The van der Waals surface area contributed by atoms with Crippen molar-refractivity contribution in [3.05, 3.63) is 200 Å². The van der Waals surface area contributed by atoms with Gasteiger partial charge in [-0.25, -0.2) is 4.98 Å². The van der Waals surface area contributed by atoms with Crippen molar-refractivity contribution in [2.45, 2.75) is 59.7 Å². The minimum absolute atomic E-state index is 0.0169. The molecule has 8 aromatic carbocycles. The number of fused-ring (bicyclic) bond motifs is 11. The van der Waals surface area contributed by atoms with Gasteiger partial charge in [0, 0.05) is 23.0 Å². The van der Waals surface area contributed by atoms with Gasteiger partial charge in [-0.2, -0.15) is 0 Å². The molecule has 3 aromatic heterocycles. The maximum Gasteiger partial charge on any atom is 0.0592 e. The van der Waals surface area contributed by atoms with Crippen molar-refractivity contribution in [2.75, 3.05) is 0 Å². The zero-order chi connectivity index (χ0) is 48.4. The molecule has 0 unspecified atom stereocenters. The Morgan fingerprint density at radius 3 is 1.92 bits per heavy atom. The maximum atomic E-state index is 6.86. The summed E-state index contributed by atoms with van der Waals surface area (Å²) in [5.74, 6) is 12.9. The SMILES string of the molecule is CC(C)(C)c1ccnc(-n2c3ccccc3c3ccc(Oc4cccc(-n5[c-][n+]6c7c(cccc75)-c5ccccc5-c5ccccc5-c5ccc(-c7cc[c]8[c](c7)[Ge]([CH3])([CH3])[CH2][CH2][Ge]8([CH3])[CH3])cc5-6)c4)cc32)c1. The fourth-order valence-electron chi connectivity index (χ4n) is 11.6. The molecule has 0 saturated carbocycles. The largest absolute Gasteiger partial charge is 0.0592 e. The molecule has 0 fully saturated rings. The van der Waals surface area contributed by atoms with Crippen LogP contribution in [0.1, 0.15) is 26.3 Å². The predicted molar refractivity (Wildman–Crippen MR) is 300 cm³/mol. The number of imidazole rings is 1. The zero-order valence-electron chi connectivity index (χ0n) is 41.5. The van der Waals surface area contributed by atoms with E-state index < -0.39 is 26.5 Å². The van der Waals surface area contributed by atoms with Crippen LogP contribution in [-0.4, -0.2) is 40.7 Å². The number of hydrogen-bond donors (Lipinski definition) is 0. The second-order valence-corrected chi connectivity index (χ2v) is 42.2. The van der Waals surface area contributed by atoms with Crippen LogP contribution in [0.5, 0.6) is 11.5 Å².